The summed E-state index contributed by atoms with van der Waals surface area (Å²) in [5.41, 5.74) is 4.61. The molecule has 154 valence electrons. The minimum atomic E-state index is -0.342. The van der Waals surface area contributed by atoms with Crippen LogP contribution >= 0.6 is 0 Å². The Hall–Kier alpha value is -1.31. The molecule has 0 saturated heterocycles. The molecule has 2 heteroatoms. The molecule has 1 rings (SSSR count). The van der Waals surface area contributed by atoms with Gasteiger partial charge in [0.2, 0.25) is 0 Å². The third kappa shape index (κ3) is 10.6. The van der Waals surface area contributed by atoms with Crippen LogP contribution in [0.1, 0.15) is 103 Å². The van der Waals surface area contributed by atoms with Crippen LogP contribution in [0.3, 0.4) is 0 Å². The van der Waals surface area contributed by atoms with Crippen LogP contribution in [0, 0.1) is 12.3 Å². The SMILES string of the molecule is Cc1c(CCCCCCC(C)(C)C)cccc1CCCCC(C)(C)OC=O. The molecule has 1 aromatic rings. The zero-order valence-corrected chi connectivity index (χ0v) is 18.7. The van der Waals surface area contributed by atoms with E-state index in [0.717, 1.165) is 25.7 Å². The van der Waals surface area contributed by atoms with E-state index in [9.17, 15) is 4.79 Å². The highest BCUT2D eigenvalue weighted by Crippen LogP contribution is 2.24. The molecule has 27 heavy (non-hydrogen) atoms. The molecule has 0 spiro atoms. The van der Waals surface area contributed by atoms with Crippen molar-refractivity contribution >= 4 is 6.47 Å². The molecule has 0 radical (unpaired) electrons. The van der Waals surface area contributed by atoms with E-state index in [0.29, 0.717) is 11.9 Å². The monoisotopic (exact) mass is 374 g/mol. The average molecular weight is 375 g/mol. The van der Waals surface area contributed by atoms with Gasteiger partial charge in [0.1, 0.15) is 5.60 Å². The lowest BCUT2D eigenvalue weighted by Crippen LogP contribution is -2.23. The number of carbonyl (C=O) groups is 1. The fraction of sp³-hybridized carbons (Fsp3) is 0.720. The second-order valence-corrected chi connectivity index (χ2v) is 9.86. The van der Waals surface area contributed by atoms with Crippen LogP contribution in [0.2, 0.25) is 0 Å². The van der Waals surface area contributed by atoms with Crippen molar-refractivity contribution in [1.82, 2.24) is 0 Å². The van der Waals surface area contributed by atoms with Crippen LogP contribution in [0.15, 0.2) is 18.2 Å². The highest BCUT2D eigenvalue weighted by molar-refractivity contribution is 5.38. The number of carbonyl (C=O) groups excluding carboxylic acids is 1. The van der Waals surface area contributed by atoms with Crippen LogP contribution in [-0.4, -0.2) is 12.1 Å². The van der Waals surface area contributed by atoms with Crippen molar-refractivity contribution in [3.05, 3.63) is 34.9 Å². The number of aryl methyl sites for hydroxylation is 2. The van der Waals surface area contributed by atoms with E-state index < -0.39 is 0 Å². The maximum absolute atomic E-state index is 10.5. The Morgan fingerprint density at radius 3 is 1.89 bits per heavy atom. The Morgan fingerprint density at radius 2 is 1.33 bits per heavy atom. The van der Waals surface area contributed by atoms with Gasteiger partial charge in [-0.25, -0.2) is 0 Å². The molecule has 0 unspecified atom stereocenters. The van der Waals surface area contributed by atoms with Crippen molar-refractivity contribution in [2.45, 2.75) is 111 Å². The van der Waals surface area contributed by atoms with Crippen LogP contribution in [0.25, 0.3) is 0 Å². The summed E-state index contributed by atoms with van der Waals surface area (Å²) >= 11 is 0. The predicted molar refractivity (Wildman–Crippen MR) is 116 cm³/mol. The van der Waals surface area contributed by atoms with Gasteiger partial charge in [-0.15, -0.1) is 0 Å². The Morgan fingerprint density at radius 1 is 0.815 bits per heavy atom. The average Bonchev–Trinajstić information content (AvgIpc) is 2.56. The largest absolute Gasteiger partial charge is 0.462 e. The molecule has 0 aromatic heterocycles. The maximum atomic E-state index is 10.5. The first kappa shape index (κ1) is 23.7. The minimum absolute atomic E-state index is 0.342. The summed E-state index contributed by atoms with van der Waals surface area (Å²) in [6, 6.07) is 6.79. The zero-order chi connectivity index (χ0) is 20.3. The van der Waals surface area contributed by atoms with Gasteiger partial charge in [-0.1, -0.05) is 58.2 Å². The van der Waals surface area contributed by atoms with Gasteiger partial charge in [-0.2, -0.15) is 0 Å². The Bertz CT molecular complexity index is 552. The van der Waals surface area contributed by atoms with Crippen molar-refractivity contribution in [3.63, 3.8) is 0 Å². The lowest BCUT2D eigenvalue weighted by molar-refractivity contribution is -0.140. The van der Waals surface area contributed by atoms with E-state index in [-0.39, 0.29) is 5.60 Å². The Labute approximate surface area is 168 Å². The highest BCUT2D eigenvalue weighted by Gasteiger charge is 2.17. The quantitative estimate of drug-likeness (QED) is 0.269. The summed E-state index contributed by atoms with van der Waals surface area (Å²) in [4.78, 5) is 10.5. The van der Waals surface area contributed by atoms with Crippen molar-refractivity contribution < 1.29 is 9.53 Å². The first-order chi connectivity index (χ1) is 12.6. The number of hydrogen-bond acceptors (Lipinski definition) is 2. The summed E-state index contributed by atoms with van der Waals surface area (Å²) in [7, 11) is 0. The molecule has 2 nitrogen and oxygen atoms in total. The summed E-state index contributed by atoms with van der Waals surface area (Å²) in [6.07, 6.45) is 12.1. The molecule has 0 aliphatic heterocycles. The molecule has 0 saturated carbocycles. The fourth-order valence-electron chi connectivity index (χ4n) is 3.66. The first-order valence-corrected chi connectivity index (χ1v) is 10.8. The van der Waals surface area contributed by atoms with Gasteiger partial charge in [0.25, 0.3) is 6.47 Å². The predicted octanol–water partition coefficient (Wildman–Crippen LogP) is 7.20. The maximum Gasteiger partial charge on any atom is 0.293 e. The molecule has 0 heterocycles. The standard InChI is InChI=1S/C25H42O2/c1-21-22(14-9-7-8-11-18-24(2,3)4)16-13-17-23(21)15-10-12-19-25(5,6)27-20-26/h13,16-17,20H,7-12,14-15,18-19H2,1-6H3. The lowest BCUT2D eigenvalue weighted by atomic mass is 9.89. The molecule has 0 atom stereocenters. The fourth-order valence-corrected chi connectivity index (χ4v) is 3.66. The molecular weight excluding hydrogens is 332 g/mol. The second kappa shape index (κ2) is 11.5. The zero-order valence-electron chi connectivity index (χ0n) is 18.7. The molecule has 1 aromatic carbocycles. The topological polar surface area (TPSA) is 26.3 Å². The number of hydrogen-bond donors (Lipinski definition) is 0. The van der Waals surface area contributed by atoms with E-state index in [4.69, 9.17) is 4.74 Å². The number of benzene rings is 1. The summed E-state index contributed by atoms with van der Waals surface area (Å²) in [5.74, 6) is 0. The van der Waals surface area contributed by atoms with Crippen LogP contribution in [0.5, 0.6) is 0 Å². The smallest absolute Gasteiger partial charge is 0.293 e. The van der Waals surface area contributed by atoms with Crippen molar-refractivity contribution in [2.24, 2.45) is 5.41 Å². The van der Waals surface area contributed by atoms with E-state index in [1.807, 2.05) is 13.8 Å². The molecule has 0 amide bonds. The summed E-state index contributed by atoms with van der Waals surface area (Å²) in [5, 5.41) is 0. The number of unbranched alkanes of at least 4 members (excludes halogenated alkanes) is 4. The van der Waals surface area contributed by atoms with Crippen LogP contribution < -0.4 is 0 Å². The summed E-state index contributed by atoms with van der Waals surface area (Å²) in [6.45, 7) is 13.8. The van der Waals surface area contributed by atoms with Gasteiger partial charge < -0.3 is 4.74 Å². The van der Waals surface area contributed by atoms with Crippen molar-refractivity contribution in [1.29, 1.82) is 0 Å². The minimum Gasteiger partial charge on any atom is -0.462 e. The third-order valence-electron chi connectivity index (χ3n) is 5.52. The molecule has 0 aliphatic carbocycles. The molecule has 0 fully saturated rings. The molecule has 0 aliphatic rings. The van der Waals surface area contributed by atoms with Gasteiger partial charge in [0.15, 0.2) is 0 Å². The Balaban J connectivity index is 2.35. The van der Waals surface area contributed by atoms with E-state index in [2.05, 4.69) is 45.9 Å². The van der Waals surface area contributed by atoms with Crippen LogP contribution in [-0.2, 0) is 22.4 Å². The van der Waals surface area contributed by atoms with Gasteiger partial charge in [-0.3, -0.25) is 4.79 Å². The summed E-state index contributed by atoms with van der Waals surface area (Å²) < 4.78 is 5.13. The highest BCUT2D eigenvalue weighted by atomic mass is 16.5. The normalized spacial score (nSPS) is 12.2. The van der Waals surface area contributed by atoms with Gasteiger partial charge in [-0.05, 0) is 87.8 Å². The number of ether oxygens (including phenoxy) is 1. The van der Waals surface area contributed by atoms with E-state index in [1.165, 1.54) is 55.2 Å². The van der Waals surface area contributed by atoms with Crippen molar-refractivity contribution in [2.75, 3.05) is 0 Å². The number of rotatable bonds is 13. The molecule has 0 N–H and O–H groups in total. The van der Waals surface area contributed by atoms with E-state index >= 15 is 0 Å². The Kier molecular flexibility index (Phi) is 10.1. The molecule has 0 bridgehead atoms. The third-order valence-corrected chi connectivity index (χ3v) is 5.52. The second-order valence-electron chi connectivity index (χ2n) is 9.86. The van der Waals surface area contributed by atoms with Gasteiger partial charge in [0, 0.05) is 0 Å². The first-order valence-electron chi connectivity index (χ1n) is 10.8. The molecular formula is C25H42O2. The van der Waals surface area contributed by atoms with Gasteiger partial charge in [0.05, 0.1) is 0 Å². The van der Waals surface area contributed by atoms with Gasteiger partial charge >= 0.3 is 0 Å². The van der Waals surface area contributed by atoms with E-state index in [1.54, 1.807) is 0 Å². The lowest BCUT2D eigenvalue weighted by Gasteiger charge is -2.22. The van der Waals surface area contributed by atoms with Crippen LogP contribution in [0.4, 0.5) is 0 Å². The van der Waals surface area contributed by atoms with Crippen molar-refractivity contribution in [3.8, 4) is 0 Å².